The van der Waals surface area contributed by atoms with Crippen LogP contribution in [0.4, 0.5) is 9.39 Å². The van der Waals surface area contributed by atoms with E-state index >= 15 is 0 Å². The zero-order valence-corrected chi connectivity index (χ0v) is 9.37. The van der Waals surface area contributed by atoms with E-state index in [1.54, 1.807) is 0 Å². The number of aromatic nitrogens is 2. The Kier molecular flexibility index (Phi) is 3.16. The number of anilines is 1. The SMILES string of the molecule is N#Cc1ccc(OCc2nnsc2N)c(F)c1. The molecule has 0 spiro atoms. The highest BCUT2D eigenvalue weighted by atomic mass is 32.1. The molecule has 17 heavy (non-hydrogen) atoms. The molecule has 0 aliphatic carbocycles. The maximum atomic E-state index is 13.4. The molecule has 1 aromatic carbocycles. The van der Waals surface area contributed by atoms with E-state index in [9.17, 15) is 4.39 Å². The summed E-state index contributed by atoms with van der Waals surface area (Å²) in [6.45, 7) is 0.0468. The fourth-order valence-electron chi connectivity index (χ4n) is 1.15. The first-order valence-corrected chi connectivity index (χ1v) is 5.37. The lowest BCUT2D eigenvalue weighted by atomic mass is 10.2. The molecule has 86 valence electrons. The lowest BCUT2D eigenvalue weighted by Gasteiger charge is -2.05. The van der Waals surface area contributed by atoms with Crippen molar-refractivity contribution in [2.24, 2.45) is 0 Å². The van der Waals surface area contributed by atoms with Crippen molar-refractivity contribution >= 4 is 16.5 Å². The van der Waals surface area contributed by atoms with Gasteiger partial charge in [-0.2, -0.15) is 5.26 Å². The average Bonchev–Trinajstić information content (AvgIpc) is 2.73. The Morgan fingerprint density at radius 3 is 2.94 bits per heavy atom. The summed E-state index contributed by atoms with van der Waals surface area (Å²) in [6.07, 6.45) is 0. The van der Waals surface area contributed by atoms with E-state index in [4.69, 9.17) is 15.7 Å². The van der Waals surface area contributed by atoms with Crippen LogP contribution in [-0.4, -0.2) is 9.59 Å². The number of nitriles is 1. The zero-order chi connectivity index (χ0) is 12.3. The van der Waals surface area contributed by atoms with Crippen molar-refractivity contribution in [1.29, 1.82) is 5.26 Å². The topological polar surface area (TPSA) is 84.8 Å². The van der Waals surface area contributed by atoms with Crippen LogP contribution >= 0.6 is 11.5 Å². The van der Waals surface area contributed by atoms with Crippen LogP contribution in [0.5, 0.6) is 5.75 Å². The van der Waals surface area contributed by atoms with Crippen LogP contribution in [0.2, 0.25) is 0 Å². The third-order valence-corrected chi connectivity index (χ3v) is 2.61. The molecule has 2 N–H and O–H groups in total. The van der Waals surface area contributed by atoms with E-state index in [2.05, 4.69) is 9.59 Å². The lowest BCUT2D eigenvalue weighted by Crippen LogP contribution is -2.00. The normalized spacial score (nSPS) is 9.88. The van der Waals surface area contributed by atoms with Gasteiger partial charge in [-0.15, -0.1) is 5.10 Å². The van der Waals surface area contributed by atoms with Crippen molar-refractivity contribution in [3.63, 3.8) is 0 Å². The van der Waals surface area contributed by atoms with Crippen LogP contribution in [0.15, 0.2) is 18.2 Å². The van der Waals surface area contributed by atoms with Gasteiger partial charge in [-0.3, -0.25) is 0 Å². The smallest absolute Gasteiger partial charge is 0.166 e. The minimum absolute atomic E-state index is 0.0468. The minimum atomic E-state index is -0.592. The Labute approximate surface area is 100 Å². The molecule has 0 bridgehead atoms. The van der Waals surface area contributed by atoms with Crippen LogP contribution in [0, 0.1) is 17.1 Å². The second-order valence-corrected chi connectivity index (χ2v) is 3.92. The van der Waals surface area contributed by atoms with Crippen LogP contribution in [-0.2, 0) is 6.61 Å². The third-order valence-electron chi connectivity index (χ3n) is 2.01. The van der Waals surface area contributed by atoms with E-state index in [0.29, 0.717) is 10.7 Å². The molecule has 0 atom stereocenters. The molecule has 0 saturated heterocycles. The van der Waals surface area contributed by atoms with Gasteiger partial charge < -0.3 is 10.5 Å². The molecule has 1 aromatic heterocycles. The van der Waals surface area contributed by atoms with Gasteiger partial charge >= 0.3 is 0 Å². The summed E-state index contributed by atoms with van der Waals surface area (Å²) in [7, 11) is 0. The fraction of sp³-hybridized carbons (Fsp3) is 0.100. The molecule has 0 saturated carbocycles. The molecule has 5 nitrogen and oxygen atoms in total. The highest BCUT2D eigenvalue weighted by molar-refractivity contribution is 7.09. The molecule has 2 aromatic rings. The fourth-order valence-corrected chi connectivity index (χ4v) is 1.58. The maximum absolute atomic E-state index is 13.4. The van der Waals surface area contributed by atoms with Crippen molar-refractivity contribution in [2.75, 3.05) is 5.73 Å². The summed E-state index contributed by atoms with van der Waals surface area (Å²) in [5, 5.41) is 12.8. The number of halogens is 1. The van der Waals surface area contributed by atoms with Crippen LogP contribution in [0.25, 0.3) is 0 Å². The predicted octanol–water partition coefficient (Wildman–Crippen LogP) is 1.71. The molecular weight excluding hydrogens is 243 g/mol. The van der Waals surface area contributed by atoms with Gasteiger partial charge in [0.1, 0.15) is 17.3 Å². The number of nitrogens with zero attached hydrogens (tertiary/aromatic N) is 3. The summed E-state index contributed by atoms with van der Waals surface area (Å²) in [5.74, 6) is -0.540. The van der Waals surface area contributed by atoms with Crippen LogP contribution in [0.3, 0.4) is 0 Å². The first-order chi connectivity index (χ1) is 8.20. The number of nitrogen functional groups attached to an aromatic ring is 1. The molecule has 0 amide bonds. The van der Waals surface area contributed by atoms with Gasteiger partial charge in [-0.25, -0.2) is 4.39 Å². The summed E-state index contributed by atoms with van der Waals surface area (Å²) in [6, 6.07) is 5.81. The van der Waals surface area contributed by atoms with Crippen LogP contribution in [0.1, 0.15) is 11.3 Å². The molecule has 0 radical (unpaired) electrons. The zero-order valence-electron chi connectivity index (χ0n) is 8.55. The summed E-state index contributed by atoms with van der Waals surface area (Å²) in [5.41, 5.74) is 6.28. The van der Waals surface area contributed by atoms with E-state index < -0.39 is 5.82 Å². The second kappa shape index (κ2) is 4.76. The highest BCUT2D eigenvalue weighted by Gasteiger charge is 2.08. The van der Waals surface area contributed by atoms with Crippen molar-refractivity contribution in [2.45, 2.75) is 6.61 Å². The van der Waals surface area contributed by atoms with Gasteiger partial charge in [0.25, 0.3) is 0 Å². The number of hydrogen-bond acceptors (Lipinski definition) is 6. The van der Waals surface area contributed by atoms with Crippen molar-refractivity contribution in [3.8, 4) is 11.8 Å². The van der Waals surface area contributed by atoms with E-state index in [0.717, 1.165) is 17.6 Å². The average molecular weight is 250 g/mol. The molecule has 7 heteroatoms. The number of rotatable bonds is 3. The second-order valence-electron chi connectivity index (χ2n) is 3.13. The Balaban J connectivity index is 2.10. The molecule has 2 rings (SSSR count). The number of benzene rings is 1. The molecule has 0 fully saturated rings. The van der Waals surface area contributed by atoms with Crippen LogP contribution < -0.4 is 10.5 Å². The van der Waals surface area contributed by atoms with Gasteiger partial charge in [0.15, 0.2) is 11.6 Å². The van der Waals surface area contributed by atoms with E-state index in [1.807, 2.05) is 6.07 Å². The van der Waals surface area contributed by atoms with E-state index in [-0.39, 0.29) is 17.9 Å². The van der Waals surface area contributed by atoms with Gasteiger partial charge in [0.2, 0.25) is 0 Å². The first kappa shape index (κ1) is 11.3. The van der Waals surface area contributed by atoms with Crippen molar-refractivity contribution in [1.82, 2.24) is 9.59 Å². The van der Waals surface area contributed by atoms with Gasteiger partial charge in [0, 0.05) is 11.5 Å². The molecule has 1 heterocycles. The predicted molar refractivity (Wildman–Crippen MR) is 59.8 cm³/mol. The maximum Gasteiger partial charge on any atom is 0.166 e. The quantitative estimate of drug-likeness (QED) is 0.896. The van der Waals surface area contributed by atoms with Gasteiger partial charge in [0.05, 0.1) is 11.6 Å². The molecular formula is C10H7FN4OS. The van der Waals surface area contributed by atoms with Crippen molar-refractivity contribution < 1.29 is 9.13 Å². The summed E-state index contributed by atoms with van der Waals surface area (Å²) < 4.78 is 22.3. The largest absolute Gasteiger partial charge is 0.484 e. The number of nitrogens with two attached hydrogens (primary N) is 1. The van der Waals surface area contributed by atoms with Gasteiger partial charge in [-0.05, 0) is 18.2 Å². The standard InChI is InChI=1S/C10H7FN4OS/c11-7-3-6(4-12)1-2-9(7)16-5-8-10(13)17-15-14-8/h1-3H,5,13H2. The molecule has 0 aliphatic rings. The Hall–Kier alpha value is -2.20. The monoisotopic (exact) mass is 250 g/mol. The molecule has 0 unspecified atom stereocenters. The number of hydrogen-bond donors (Lipinski definition) is 1. The third kappa shape index (κ3) is 2.49. The first-order valence-electron chi connectivity index (χ1n) is 4.60. The summed E-state index contributed by atoms with van der Waals surface area (Å²) in [4.78, 5) is 0. The minimum Gasteiger partial charge on any atom is -0.484 e. The highest BCUT2D eigenvalue weighted by Crippen LogP contribution is 2.20. The molecule has 0 aliphatic heterocycles. The lowest BCUT2D eigenvalue weighted by molar-refractivity contribution is 0.286. The summed E-state index contributed by atoms with van der Waals surface area (Å²) >= 11 is 1.05. The van der Waals surface area contributed by atoms with E-state index in [1.165, 1.54) is 12.1 Å². The Morgan fingerprint density at radius 2 is 2.35 bits per heavy atom. The number of ether oxygens (including phenoxy) is 1. The van der Waals surface area contributed by atoms with Gasteiger partial charge in [-0.1, -0.05) is 4.49 Å². The van der Waals surface area contributed by atoms with Crippen molar-refractivity contribution in [3.05, 3.63) is 35.3 Å². The Bertz CT molecular complexity index is 578. The Morgan fingerprint density at radius 1 is 1.53 bits per heavy atom.